The highest BCUT2D eigenvalue weighted by Gasteiger charge is 2.15. The van der Waals surface area contributed by atoms with Gasteiger partial charge in [-0.25, -0.2) is 14.4 Å². The predicted molar refractivity (Wildman–Crippen MR) is 82.4 cm³/mol. The van der Waals surface area contributed by atoms with Crippen molar-refractivity contribution in [2.45, 2.75) is 26.2 Å². The second-order valence-electron chi connectivity index (χ2n) is 4.76. The minimum atomic E-state index is -0.367. The molecule has 20 heavy (non-hydrogen) atoms. The van der Waals surface area contributed by atoms with Gasteiger partial charge in [0.2, 0.25) is 0 Å². The summed E-state index contributed by atoms with van der Waals surface area (Å²) in [6, 6.07) is 4.58. The standard InChI is InChI=1S/C14H14BrClFN3/c1-7(2)13-12(15)14(18)20-11(19-13)6-8-9(16)4-3-5-10(8)17/h3-5,7H,6H2,1-2H3,(H2,18,19,20). The number of hydrogen-bond acceptors (Lipinski definition) is 3. The Morgan fingerprint density at radius 3 is 2.65 bits per heavy atom. The minimum absolute atomic E-state index is 0.185. The summed E-state index contributed by atoms with van der Waals surface area (Å²) in [5.41, 5.74) is 7.05. The number of halogens is 3. The first kappa shape index (κ1) is 15.2. The van der Waals surface area contributed by atoms with E-state index < -0.39 is 0 Å². The number of anilines is 1. The molecule has 0 radical (unpaired) electrons. The number of nitrogen functional groups attached to an aromatic ring is 1. The minimum Gasteiger partial charge on any atom is -0.383 e. The lowest BCUT2D eigenvalue weighted by Gasteiger charge is -2.12. The molecule has 3 nitrogen and oxygen atoms in total. The molecule has 0 atom stereocenters. The van der Waals surface area contributed by atoms with Gasteiger partial charge in [-0.3, -0.25) is 0 Å². The molecule has 0 saturated heterocycles. The third-order valence-corrected chi connectivity index (χ3v) is 4.06. The predicted octanol–water partition coefficient (Wildman–Crippen LogP) is 4.33. The fraction of sp³-hybridized carbons (Fsp3) is 0.286. The van der Waals surface area contributed by atoms with Gasteiger partial charge in [0, 0.05) is 17.0 Å². The Bertz CT molecular complexity index is 626. The average molecular weight is 359 g/mol. The SMILES string of the molecule is CC(C)c1nc(Cc2c(F)cccc2Cl)nc(N)c1Br. The molecular formula is C14H14BrClFN3. The Kier molecular flexibility index (Phi) is 4.60. The maximum absolute atomic E-state index is 13.8. The van der Waals surface area contributed by atoms with E-state index >= 15 is 0 Å². The van der Waals surface area contributed by atoms with Crippen molar-refractivity contribution in [1.29, 1.82) is 0 Å². The maximum Gasteiger partial charge on any atom is 0.141 e. The smallest absolute Gasteiger partial charge is 0.141 e. The van der Waals surface area contributed by atoms with Crippen molar-refractivity contribution in [2.75, 3.05) is 5.73 Å². The van der Waals surface area contributed by atoms with Crippen LogP contribution in [0.5, 0.6) is 0 Å². The molecule has 1 aromatic heterocycles. The number of nitrogens with two attached hydrogens (primary N) is 1. The molecule has 0 spiro atoms. The summed E-state index contributed by atoms with van der Waals surface area (Å²) in [6.45, 7) is 4.01. The summed E-state index contributed by atoms with van der Waals surface area (Å²) in [7, 11) is 0. The summed E-state index contributed by atoms with van der Waals surface area (Å²) in [6.07, 6.45) is 0.211. The summed E-state index contributed by atoms with van der Waals surface area (Å²) < 4.78 is 14.5. The van der Waals surface area contributed by atoms with Crippen LogP contribution >= 0.6 is 27.5 Å². The normalized spacial score (nSPS) is 11.1. The van der Waals surface area contributed by atoms with Crippen molar-refractivity contribution in [2.24, 2.45) is 0 Å². The van der Waals surface area contributed by atoms with E-state index in [2.05, 4.69) is 25.9 Å². The molecule has 0 amide bonds. The highest BCUT2D eigenvalue weighted by Crippen LogP contribution is 2.28. The van der Waals surface area contributed by atoms with Crippen LogP contribution in [0, 0.1) is 5.82 Å². The van der Waals surface area contributed by atoms with Gasteiger partial charge in [0.25, 0.3) is 0 Å². The lowest BCUT2D eigenvalue weighted by Crippen LogP contribution is -2.08. The molecule has 2 aromatic rings. The van der Waals surface area contributed by atoms with E-state index in [4.69, 9.17) is 17.3 Å². The molecule has 2 rings (SSSR count). The van der Waals surface area contributed by atoms with Crippen LogP contribution in [0.25, 0.3) is 0 Å². The van der Waals surface area contributed by atoms with Gasteiger partial charge >= 0.3 is 0 Å². The van der Waals surface area contributed by atoms with E-state index in [-0.39, 0.29) is 18.2 Å². The van der Waals surface area contributed by atoms with E-state index in [0.717, 1.165) is 5.69 Å². The van der Waals surface area contributed by atoms with Gasteiger partial charge in [0.15, 0.2) is 0 Å². The molecule has 0 aliphatic carbocycles. The highest BCUT2D eigenvalue weighted by atomic mass is 79.9. The van der Waals surface area contributed by atoms with Crippen LogP contribution in [0.1, 0.15) is 36.8 Å². The van der Waals surface area contributed by atoms with Crippen LogP contribution in [0.3, 0.4) is 0 Å². The van der Waals surface area contributed by atoms with Crippen LogP contribution in [0.4, 0.5) is 10.2 Å². The molecule has 6 heteroatoms. The van der Waals surface area contributed by atoms with E-state index in [1.165, 1.54) is 6.07 Å². The maximum atomic E-state index is 13.8. The van der Waals surface area contributed by atoms with Crippen LogP contribution in [-0.4, -0.2) is 9.97 Å². The van der Waals surface area contributed by atoms with Crippen molar-refractivity contribution in [3.63, 3.8) is 0 Å². The van der Waals surface area contributed by atoms with Crippen molar-refractivity contribution < 1.29 is 4.39 Å². The summed E-state index contributed by atoms with van der Waals surface area (Å²) >= 11 is 9.40. The van der Waals surface area contributed by atoms with Crippen LogP contribution in [0.15, 0.2) is 22.7 Å². The third kappa shape index (κ3) is 3.10. The lowest BCUT2D eigenvalue weighted by atomic mass is 10.1. The molecule has 106 valence electrons. The van der Waals surface area contributed by atoms with Gasteiger partial charge in [-0.1, -0.05) is 31.5 Å². The van der Waals surface area contributed by atoms with Crippen molar-refractivity contribution in [1.82, 2.24) is 9.97 Å². The number of benzene rings is 1. The Morgan fingerprint density at radius 2 is 2.05 bits per heavy atom. The average Bonchev–Trinajstić information content (AvgIpc) is 2.37. The summed E-state index contributed by atoms with van der Waals surface area (Å²) in [5, 5.41) is 0.362. The zero-order chi connectivity index (χ0) is 14.9. The van der Waals surface area contributed by atoms with Crippen molar-refractivity contribution in [3.8, 4) is 0 Å². The molecule has 1 aromatic carbocycles. The fourth-order valence-corrected chi connectivity index (χ4v) is 2.72. The second-order valence-corrected chi connectivity index (χ2v) is 5.96. The zero-order valence-electron chi connectivity index (χ0n) is 11.1. The van der Waals surface area contributed by atoms with Crippen LogP contribution in [-0.2, 0) is 6.42 Å². The molecular weight excluding hydrogens is 345 g/mol. The second kappa shape index (κ2) is 6.06. The summed E-state index contributed by atoms with van der Waals surface area (Å²) in [4.78, 5) is 8.63. The molecule has 0 fully saturated rings. The number of nitrogens with zero attached hydrogens (tertiary/aromatic N) is 2. The van der Waals surface area contributed by atoms with E-state index in [9.17, 15) is 4.39 Å². The van der Waals surface area contributed by atoms with Gasteiger partial charge in [0.1, 0.15) is 17.5 Å². The first-order chi connectivity index (χ1) is 9.40. The third-order valence-electron chi connectivity index (χ3n) is 2.89. The first-order valence-corrected chi connectivity index (χ1v) is 7.32. The van der Waals surface area contributed by atoms with Gasteiger partial charge in [0.05, 0.1) is 10.2 Å². The largest absolute Gasteiger partial charge is 0.383 e. The highest BCUT2D eigenvalue weighted by molar-refractivity contribution is 9.10. The van der Waals surface area contributed by atoms with Gasteiger partial charge in [-0.05, 0) is 34.0 Å². The van der Waals surface area contributed by atoms with E-state index in [1.54, 1.807) is 12.1 Å². The van der Waals surface area contributed by atoms with Gasteiger partial charge in [-0.15, -0.1) is 0 Å². The Hall–Kier alpha value is -1.20. The van der Waals surface area contributed by atoms with E-state index in [0.29, 0.717) is 26.7 Å². The van der Waals surface area contributed by atoms with Gasteiger partial charge < -0.3 is 5.73 Å². The topological polar surface area (TPSA) is 51.8 Å². The van der Waals surface area contributed by atoms with Gasteiger partial charge in [-0.2, -0.15) is 0 Å². The molecule has 0 bridgehead atoms. The summed E-state index contributed by atoms with van der Waals surface area (Å²) in [5.74, 6) is 0.630. The number of aromatic nitrogens is 2. The quantitative estimate of drug-likeness (QED) is 0.888. The number of hydrogen-bond donors (Lipinski definition) is 1. The molecule has 0 saturated carbocycles. The molecule has 1 heterocycles. The lowest BCUT2D eigenvalue weighted by molar-refractivity contribution is 0.611. The monoisotopic (exact) mass is 357 g/mol. The molecule has 0 unspecified atom stereocenters. The fourth-order valence-electron chi connectivity index (χ4n) is 1.85. The van der Waals surface area contributed by atoms with Crippen LogP contribution < -0.4 is 5.73 Å². The Morgan fingerprint density at radius 1 is 1.35 bits per heavy atom. The number of rotatable bonds is 3. The molecule has 0 aliphatic rings. The van der Waals surface area contributed by atoms with E-state index in [1.807, 2.05) is 13.8 Å². The molecule has 0 aliphatic heterocycles. The first-order valence-electron chi connectivity index (χ1n) is 6.14. The van der Waals surface area contributed by atoms with Crippen LogP contribution in [0.2, 0.25) is 5.02 Å². The van der Waals surface area contributed by atoms with Crippen molar-refractivity contribution in [3.05, 3.63) is 50.6 Å². The van der Waals surface area contributed by atoms with Crippen molar-refractivity contribution >= 4 is 33.3 Å². The molecule has 2 N–H and O–H groups in total. The Labute approximate surface area is 130 Å². The zero-order valence-corrected chi connectivity index (χ0v) is 13.5. The Balaban J connectivity index is 2.44.